The summed E-state index contributed by atoms with van der Waals surface area (Å²) < 4.78 is 1.73. The molecule has 1 heterocycles. The van der Waals surface area contributed by atoms with E-state index in [-0.39, 0.29) is 0 Å². The van der Waals surface area contributed by atoms with E-state index >= 15 is 0 Å². The third-order valence-corrected chi connectivity index (χ3v) is 3.08. The molecule has 0 aliphatic rings. The predicted molar refractivity (Wildman–Crippen MR) is 62.9 cm³/mol. The second-order valence-corrected chi connectivity index (χ2v) is 4.19. The highest BCUT2D eigenvalue weighted by Crippen LogP contribution is 2.19. The molecule has 0 radical (unpaired) electrons. The van der Waals surface area contributed by atoms with Gasteiger partial charge in [0, 0.05) is 12.3 Å². The standard InChI is InChI=1S/C10H13N5S/c11-6-7-15-10(12-13-14-15)16-8-9-4-2-1-3-5-9/h1-5H,6-8,11H2. The number of nitrogens with zero attached hydrogens (tertiary/aromatic N) is 4. The molecular formula is C10H13N5S. The van der Waals surface area contributed by atoms with Gasteiger partial charge >= 0.3 is 0 Å². The van der Waals surface area contributed by atoms with Crippen LogP contribution in [0, 0.1) is 0 Å². The van der Waals surface area contributed by atoms with Gasteiger partial charge in [0.1, 0.15) is 0 Å². The zero-order chi connectivity index (χ0) is 11.2. The fourth-order valence-electron chi connectivity index (χ4n) is 1.28. The molecule has 0 atom stereocenters. The van der Waals surface area contributed by atoms with E-state index in [1.807, 2.05) is 18.2 Å². The largest absolute Gasteiger partial charge is 0.329 e. The van der Waals surface area contributed by atoms with E-state index in [4.69, 9.17) is 5.73 Å². The van der Waals surface area contributed by atoms with Crippen LogP contribution in [0.2, 0.25) is 0 Å². The molecule has 6 heteroatoms. The lowest BCUT2D eigenvalue weighted by Gasteiger charge is -2.02. The summed E-state index contributed by atoms with van der Waals surface area (Å²) in [6.45, 7) is 1.20. The van der Waals surface area contributed by atoms with Crippen LogP contribution in [0.1, 0.15) is 5.56 Å². The van der Waals surface area contributed by atoms with Crippen LogP contribution in [0.5, 0.6) is 0 Å². The number of nitrogens with two attached hydrogens (primary N) is 1. The van der Waals surface area contributed by atoms with Crippen LogP contribution in [0.4, 0.5) is 0 Å². The Balaban J connectivity index is 1.97. The van der Waals surface area contributed by atoms with Crippen molar-refractivity contribution in [2.45, 2.75) is 17.5 Å². The molecule has 0 fully saturated rings. The van der Waals surface area contributed by atoms with Crippen LogP contribution in [-0.4, -0.2) is 26.8 Å². The molecule has 16 heavy (non-hydrogen) atoms. The van der Waals surface area contributed by atoms with Crippen LogP contribution < -0.4 is 5.73 Å². The maximum absolute atomic E-state index is 5.47. The smallest absolute Gasteiger partial charge is 0.209 e. The van der Waals surface area contributed by atoms with Gasteiger partial charge in [0.15, 0.2) is 0 Å². The van der Waals surface area contributed by atoms with Crippen molar-refractivity contribution in [2.75, 3.05) is 6.54 Å². The molecule has 0 amide bonds. The van der Waals surface area contributed by atoms with E-state index in [0.717, 1.165) is 10.9 Å². The summed E-state index contributed by atoms with van der Waals surface area (Å²) >= 11 is 1.62. The van der Waals surface area contributed by atoms with Gasteiger partial charge in [0.2, 0.25) is 5.16 Å². The van der Waals surface area contributed by atoms with Crippen molar-refractivity contribution >= 4 is 11.8 Å². The number of benzene rings is 1. The first-order valence-electron chi connectivity index (χ1n) is 5.03. The molecule has 0 bridgehead atoms. The average Bonchev–Trinajstić information content (AvgIpc) is 2.76. The molecule has 0 saturated carbocycles. The predicted octanol–water partition coefficient (Wildman–Crippen LogP) is 0.924. The molecule has 0 aliphatic carbocycles. The summed E-state index contributed by atoms with van der Waals surface area (Å²) in [6.07, 6.45) is 0. The van der Waals surface area contributed by atoms with Crippen molar-refractivity contribution in [3.05, 3.63) is 35.9 Å². The Labute approximate surface area is 98.0 Å². The third kappa shape index (κ3) is 2.80. The minimum absolute atomic E-state index is 0.546. The number of thioether (sulfide) groups is 1. The van der Waals surface area contributed by atoms with E-state index in [1.165, 1.54) is 5.56 Å². The van der Waals surface area contributed by atoms with Crippen molar-refractivity contribution in [1.29, 1.82) is 0 Å². The Morgan fingerprint density at radius 2 is 2.06 bits per heavy atom. The monoisotopic (exact) mass is 235 g/mol. The van der Waals surface area contributed by atoms with Crippen LogP contribution in [-0.2, 0) is 12.3 Å². The van der Waals surface area contributed by atoms with E-state index in [2.05, 4.69) is 27.7 Å². The second-order valence-electron chi connectivity index (χ2n) is 3.25. The Morgan fingerprint density at radius 1 is 1.25 bits per heavy atom. The van der Waals surface area contributed by atoms with E-state index in [0.29, 0.717) is 13.1 Å². The summed E-state index contributed by atoms with van der Waals surface area (Å²) in [4.78, 5) is 0. The number of rotatable bonds is 5. The Hall–Kier alpha value is -1.40. The van der Waals surface area contributed by atoms with Gasteiger partial charge < -0.3 is 5.73 Å². The van der Waals surface area contributed by atoms with Crippen molar-refractivity contribution < 1.29 is 0 Å². The molecule has 0 spiro atoms. The maximum Gasteiger partial charge on any atom is 0.209 e. The molecule has 1 aromatic carbocycles. The van der Waals surface area contributed by atoms with Crippen LogP contribution >= 0.6 is 11.8 Å². The van der Waals surface area contributed by atoms with Crippen molar-refractivity contribution in [2.24, 2.45) is 5.73 Å². The first-order chi connectivity index (χ1) is 7.90. The lowest BCUT2D eigenvalue weighted by Crippen LogP contribution is -2.12. The van der Waals surface area contributed by atoms with Crippen molar-refractivity contribution in [3.8, 4) is 0 Å². The highest BCUT2D eigenvalue weighted by Gasteiger charge is 2.05. The van der Waals surface area contributed by atoms with E-state index in [1.54, 1.807) is 16.4 Å². The van der Waals surface area contributed by atoms with Crippen molar-refractivity contribution in [3.63, 3.8) is 0 Å². The number of hydrogen-bond donors (Lipinski definition) is 1. The number of aromatic nitrogens is 4. The zero-order valence-corrected chi connectivity index (χ0v) is 9.60. The number of tetrazole rings is 1. The summed E-state index contributed by atoms with van der Waals surface area (Å²) in [5.74, 6) is 0.867. The Kier molecular flexibility index (Phi) is 3.90. The van der Waals surface area contributed by atoms with Crippen LogP contribution in [0.25, 0.3) is 0 Å². The SMILES string of the molecule is NCCn1nnnc1SCc1ccccc1. The zero-order valence-electron chi connectivity index (χ0n) is 8.78. The molecule has 2 rings (SSSR count). The first-order valence-corrected chi connectivity index (χ1v) is 6.01. The van der Waals surface area contributed by atoms with Crippen LogP contribution in [0.15, 0.2) is 35.5 Å². The highest BCUT2D eigenvalue weighted by atomic mass is 32.2. The lowest BCUT2D eigenvalue weighted by atomic mass is 10.2. The first kappa shape index (κ1) is 11.1. The topological polar surface area (TPSA) is 69.6 Å². The fourth-order valence-corrected chi connectivity index (χ4v) is 2.14. The second kappa shape index (κ2) is 5.62. The van der Waals surface area contributed by atoms with Gasteiger partial charge in [-0.15, -0.1) is 5.10 Å². The molecule has 0 unspecified atom stereocenters. The summed E-state index contributed by atoms with van der Waals surface area (Å²) in [7, 11) is 0. The summed E-state index contributed by atoms with van der Waals surface area (Å²) in [5.41, 5.74) is 6.73. The highest BCUT2D eigenvalue weighted by molar-refractivity contribution is 7.98. The minimum atomic E-state index is 0.546. The Morgan fingerprint density at radius 3 is 2.81 bits per heavy atom. The quantitative estimate of drug-likeness (QED) is 0.780. The maximum atomic E-state index is 5.47. The van der Waals surface area contributed by atoms with Crippen molar-refractivity contribution in [1.82, 2.24) is 20.2 Å². The summed E-state index contributed by atoms with van der Waals surface area (Å²) in [6, 6.07) is 10.2. The fraction of sp³-hybridized carbons (Fsp3) is 0.300. The molecule has 0 aliphatic heterocycles. The van der Waals surface area contributed by atoms with Crippen LogP contribution in [0.3, 0.4) is 0 Å². The van der Waals surface area contributed by atoms with E-state index in [9.17, 15) is 0 Å². The van der Waals surface area contributed by atoms with E-state index < -0.39 is 0 Å². The molecular weight excluding hydrogens is 222 g/mol. The molecule has 2 aromatic rings. The summed E-state index contributed by atoms with van der Waals surface area (Å²) in [5, 5.41) is 12.3. The van der Waals surface area contributed by atoms with Gasteiger partial charge in [-0.05, 0) is 16.0 Å². The molecule has 5 nitrogen and oxygen atoms in total. The van der Waals surface area contributed by atoms with Gasteiger partial charge in [0.05, 0.1) is 6.54 Å². The third-order valence-electron chi connectivity index (χ3n) is 2.05. The van der Waals surface area contributed by atoms with Gasteiger partial charge in [-0.25, -0.2) is 4.68 Å². The van der Waals surface area contributed by atoms with Gasteiger partial charge in [-0.3, -0.25) is 0 Å². The van der Waals surface area contributed by atoms with Gasteiger partial charge in [-0.1, -0.05) is 42.1 Å². The van der Waals surface area contributed by atoms with Gasteiger partial charge in [-0.2, -0.15) is 0 Å². The minimum Gasteiger partial charge on any atom is -0.329 e. The molecule has 84 valence electrons. The molecule has 0 saturated heterocycles. The lowest BCUT2D eigenvalue weighted by molar-refractivity contribution is 0.557. The average molecular weight is 235 g/mol. The van der Waals surface area contributed by atoms with Gasteiger partial charge in [0.25, 0.3) is 0 Å². The molecule has 2 N–H and O–H groups in total. The number of hydrogen-bond acceptors (Lipinski definition) is 5. The Bertz CT molecular complexity index is 428. The normalized spacial score (nSPS) is 10.6. The molecule has 1 aromatic heterocycles.